The van der Waals surface area contributed by atoms with Crippen LogP contribution in [0.5, 0.6) is 0 Å². The maximum absolute atomic E-state index is 13.6. The van der Waals surface area contributed by atoms with Crippen molar-refractivity contribution in [3.05, 3.63) is 53.0 Å². The predicted octanol–water partition coefficient (Wildman–Crippen LogP) is 5.01. The Bertz CT molecular complexity index is 1190. The fourth-order valence-corrected chi connectivity index (χ4v) is 5.81. The largest absolute Gasteiger partial charge is 0.379 e. The van der Waals surface area contributed by atoms with Crippen LogP contribution in [0.4, 0.5) is 5.13 Å². The molecule has 1 aliphatic rings. The van der Waals surface area contributed by atoms with Crippen LogP contribution < -0.4 is 4.90 Å². The summed E-state index contributed by atoms with van der Waals surface area (Å²) in [5.41, 5.74) is 2.96. The zero-order chi connectivity index (χ0) is 21.2. The Labute approximate surface area is 201 Å². The number of aromatic nitrogens is 2. The Morgan fingerprint density at radius 2 is 1.84 bits per heavy atom. The van der Waals surface area contributed by atoms with Gasteiger partial charge in [0.25, 0.3) is 5.91 Å². The molecule has 0 atom stereocenters. The SMILES string of the molecule is Cc1cccc2sc(N(CCCN3CCOCC3)C(=O)c3nc4ccccc4s3)nc12.Cl. The summed E-state index contributed by atoms with van der Waals surface area (Å²) in [7, 11) is 0. The van der Waals surface area contributed by atoms with E-state index in [4.69, 9.17) is 9.72 Å². The number of morpholine rings is 1. The van der Waals surface area contributed by atoms with E-state index in [-0.39, 0.29) is 18.3 Å². The maximum atomic E-state index is 13.6. The molecule has 0 radical (unpaired) electrons. The van der Waals surface area contributed by atoms with E-state index >= 15 is 0 Å². The van der Waals surface area contributed by atoms with Gasteiger partial charge in [0.1, 0.15) is 0 Å². The molecule has 0 aliphatic carbocycles. The van der Waals surface area contributed by atoms with Crippen LogP contribution in [0.2, 0.25) is 0 Å². The molecule has 0 N–H and O–H groups in total. The summed E-state index contributed by atoms with van der Waals surface area (Å²) in [4.78, 5) is 27.2. The second-order valence-electron chi connectivity index (χ2n) is 7.67. The second kappa shape index (κ2) is 10.2. The number of halogens is 1. The summed E-state index contributed by atoms with van der Waals surface area (Å²) < 4.78 is 7.57. The van der Waals surface area contributed by atoms with Crippen LogP contribution in [-0.4, -0.2) is 60.2 Å². The lowest BCUT2D eigenvalue weighted by molar-refractivity contribution is 0.0376. The Morgan fingerprint density at radius 3 is 2.62 bits per heavy atom. The van der Waals surface area contributed by atoms with E-state index in [0.717, 1.165) is 70.4 Å². The van der Waals surface area contributed by atoms with Gasteiger partial charge in [-0.3, -0.25) is 14.6 Å². The first-order valence-corrected chi connectivity index (χ1v) is 12.2. The number of para-hydroxylation sites is 2. The molecule has 168 valence electrons. The summed E-state index contributed by atoms with van der Waals surface area (Å²) in [6.07, 6.45) is 0.880. The third kappa shape index (κ3) is 4.79. The Hall–Kier alpha value is -2.10. The number of fused-ring (bicyclic) bond motifs is 2. The normalized spacial score (nSPS) is 14.5. The van der Waals surface area contributed by atoms with E-state index < -0.39 is 0 Å². The van der Waals surface area contributed by atoms with Crippen molar-refractivity contribution in [2.75, 3.05) is 44.3 Å². The van der Waals surface area contributed by atoms with Gasteiger partial charge in [-0.05, 0) is 37.1 Å². The number of aryl methyl sites for hydroxylation is 1. The minimum absolute atomic E-state index is 0. The highest BCUT2D eigenvalue weighted by Crippen LogP contribution is 2.32. The Balaban J connectivity index is 0.00000245. The second-order valence-corrected chi connectivity index (χ2v) is 9.71. The van der Waals surface area contributed by atoms with Gasteiger partial charge in [0.05, 0.1) is 33.6 Å². The van der Waals surface area contributed by atoms with Crippen molar-refractivity contribution >= 4 is 66.6 Å². The molecule has 1 amide bonds. The maximum Gasteiger partial charge on any atom is 0.289 e. The number of hydrogen-bond acceptors (Lipinski definition) is 7. The van der Waals surface area contributed by atoms with Crippen LogP contribution in [0, 0.1) is 6.92 Å². The zero-order valence-corrected chi connectivity index (χ0v) is 20.3. The van der Waals surface area contributed by atoms with Crippen LogP contribution in [-0.2, 0) is 4.74 Å². The van der Waals surface area contributed by atoms with Gasteiger partial charge in [-0.1, -0.05) is 35.6 Å². The Morgan fingerprint density at radius 1 is 1.06 bits per heavy atom. The standard InChI is InChI=1S/C23H24N4O2S2.ClH/c1-16-6-4-9-19-20(16)25-23(31-19)27(11-5-10-26-12-14-29-15-13-26)22(28)21-24-17-7-2-3-8-18(17)30-21;/h2-4,6-9H,5,10-15H2,1H3;1H. The molecule has 6 nitrogen and oxygen atoms in total. The molecule has 2 aromatic carbocycles. The van der Waals surface area contributed by atoms with E-state index in [9.17, 15) is 4.79 Å². The number of benzene rings is 2. The number of anilines is 1. The van der Waals surface area contributed by atoms with Crippen LogP contribution in [0.3, 0.4) is 0 Å². The molecule has 0 saturated carbocycles. The van der Waals surface area contributed by atoms with Crippen molar-refractivity contribution in [3.63, 3.8) is 0 Å². The zero-order valence-electron chi connectivity index (χ0n) is 17.8. The van der Waals surface area contributed by atoms with Gasteiger partial charge < -0.3 is 4.74 Å². The van der Waals surface area contributed by atoms with Gasteiger partial charge in [-0.15, -0.1) is 23.7 Å². The van der Waals surface area contributed by atoms with E-state index in [0.29, 0.717) is 11.6 Å². The number of ether oxygens (including phenoxy) is 1. The van der Waals surface area contributed by atoms with Crippen molar-refractivity contribution in [1.82, 2.24) is 14.9 Å². The number of nitrogens with zero attached hydrogens (tertiary/aromatic N) is 4. The number of amides is 1. The minimum Gasteiger partial charge on any atom is -0.379 e. The van der Waals surface area contributed by atoms with Crippen LogP contribution >= 0.6 is 35.1 Å². The van der Waals surface area contributed by atoms with Crippen molar-refractivity contribution in [3.8, 4) is 0 Å². The highest BCUT2D eigenvalue weighted by atomic mass is 35.5. The third-order valence-corrected chi connectivity index (χ3v) is 7.59. The average molecular weight is 489 g/mol. The van der Waals surface area contributed by atoms with E-state index in [1.165, 1.54) is 11.3 Å². The van der Waals surface area contributed by atoms with Crippen molar-refractivity contribution in [2.45, 2.75) is 13.3 Å². The van der Waals surface area contributed by atoms with Gasteiger partial charge in [-0.2, -0.15) is 0 Å². The molecule has 5 rings (SSSR count). The van der Waals surface area contributed by atoms with Gasteiger partial charge >= 0.3 is 0 Å². The summed E-state index contributed by atoms with van der Waals surface area (Å²) in [5.74, 6) is -0.0695. The van der Waals surface area contributed by atoms with Gasteiger partial charge in [0, 0.05) is 26.2 Å². The average Bonchev–Trinajstić information content (AvgIpc) is 3.42. The smallest absolute Gasteiger partial charge is 0.289 e. The lowest BCUT2D eigenvalue weighted by Gasteiger charge is -2.27. The fourth-order valence-electron chi connectivity index (χ4n) is 3.83. The van der Waals surface area contributed by atoms with Crippen LogP contribution in [0.15, 0.2) is 42.5 Å². The first kappa shape index (κ1) is 23.1. The van der Waals surface area contributed by atoms with Crippen LogP contribution in [0.25, 0.3) is 20.4 Å². The van der Waals surface area contributed by atoms with Crippen molar-refractivity contribution in [2.24, 2.45) is 0 Å². The molecular weight excluding hydrogens is 464 g/mol. The number of carbonyl (C=O) groups is 1. The molecule has 9 heteroatoms. The molecule has 0 spiro atoms. The predicted molar refractivity (Wildman–Crippen MR) is 135 cm³/mol. The van der Waals surface area contributed by atoms with Crippen LogP contribution in [0.1, 0.15) is 21.8 Å². The fraction of sp³-hybridized carbons (Fsp3) is 0.348. The number of thiazole rings is 2. The van der Waals surface area contributed by atoms with E-state index in [1.54, 1.807) is 11.3 Å². The van der Waals surface area contributed by atoms with E-state index in [1.807, 2.05) is 35.2 Å². The number of rotatable bonds is 6. The van der Waals surface area contributed by atoms with Crippen molar-refractivity contribution < 1.29 is 9.53 Å². The molecule has 1 saturated heterocycles. The topological polar surface area (TPSA) is 58.6 Å². The van der Waals surface area contributed by atoms with Gasteiger partial charge in [0.15, 0.2) is 10.1 Å². The third-order valence-electron chi connectivity index (χ3n) is 5.52. The van der Waals surface area contributed by atoms with E-state index in [2.05, 4.69) is 28.9 Å². The first-order chi connectivity index (χ1) is 15.2. The molecule has 1 aliphatic heterocycles. The van der Waals surface area contributed by atoms with Gasteiger partial charge in [0.2, 0.25) is 0 Å². The summed E-state index contributed by atoms with van der Waals surface area (Å²) in [6, 6.07) is 14.1. The summed E-state index contributed by atoms with van der Waals surface area (Å²) >= 11 is 3.02. The lowest BCUT2D eigenvalue weighted by atomic mass is 10.2. The molecule has 3 heterocycles. The first-order valence-electron chi connectivity index (χ1n) is 10.5. The molecule has 2 aromatic heterocycles. The van der Waals surface area contributed by atoms with Crippen molar-refractivity contribution in [1.29, 1.82) is 0 Å². The summed E-state index contributed by atoms with van der Waals surface area (Å²) in [6.45, 7) is 7.08. The molecule has 4 aromatic rings. The monoisotopic (exact) mass is 488 g/mol. The molecule has 1 fully saturated rings. The van der Waals surface area contributed by atoms with Gasteiger partial charge in [-0.25, -0.2) is 9.97 Å². The molecule has 0 unspecified atom stereocenters. The minimum atomic E-state index is -0.0695. The highest BCUT2D eigenvalue weighted by Gasteiger charge is 2.25. The lowest BCUT2D eigenvalue weighted by Crippen LogP contribution is -2.39. The molecule has 0 bridgehead atoms. The quantitative estimate of drug-likeness (QED) is 0.382. The summed E-state index contributed by atoms with van der Waals surface area (Å²) in [5, 5.41) is 1.26. The Kier molecular flexibility index (Phi) is 7.37. The molecular formula is C23H25ClN4O2S2. The molecule has 32 heavy (non-hydrogen) atoms. The number of hydrogen-bond donors (Lipinski definition) is 0. The highest BCUT2D eigenvalue weighted by molar-refractivity contribution is 7.23. The number of carbonyl (C=O) groups excluding carboxylic acids is 1.